The summed E-state index contributed by atoms with van der Waals surface area (Å²) in [5.74, 6) is -0.541. The molecule has 6 heteroatoms. The molecule has 1 aliphatic carbocycles. The minimum Gasteiger partial charge on any atom is -0.459 e. The van der Waals surface area contributed by atoms with Gasteiger partial charge in [-0.1, -0.05) is 30.3 Å². The standard InChI is InChI=1S/C19H27NO5/c1-18(2,3)25-17(23)20-19(11-7-10-15(21)12-19)16(22)24-13-14-8-5-4-6-9-14/h4-6,8-9,15,21H,7,10-13H2,1-3H3,(H,20,23). The third kappa shape index (κ3) is 5.74. The molecular weight excluding hydrogens is 322 g/mol. The molecule has 138 valence electrons. The Labute approximate surface area is 148 Å². The summed E-state index contributed by atoms with van der Waals surface area (Å²) in [6.07, 6.45) is 0.420. The Morgan fingerprint density at radius 3 is 2.56 bits per heavy atom. The van der Waals surface area contributed by atoms with E-state index in [2.05, 4.69) is 5.32 Å². The van der Waals surface area contributed by atoms with Crippen molar-refractivity contribution in [1.29, 1.82) is 0 Å². The Balaban J connectivity index is 2.08. The lowest BCUT2D eigenvalue weighted by atomic mass is 9.80. The highest BCUT2D eigenvalue weighted by Crippen LogP contribution is 2.30. The molecule has 1 aliphatic rings. The van der Waals surface area contributed by atoms with Crippen LogP contribution >= 0.6 is 0 Å². The maximum absolute atomic E-state index is 12.7. The molecule has 0 radical (unpaired) electrons. The fraction of sp³-hybridized carbons (Fsp3) is 0.579. The summed E-state index contributed by atoms with van der Waals surface area (Å²) in [5.41, 5.74) is -1.07. The molecule has 25 heavy (non-hydrogen) atoms. The smallest absolute Gasteiger partial charge is 0.408 e. The maximum Gasteiger partial charge on any atom is 0.408 e. The van der Waals surface area contributed by atoms with Crippen molar-refractivity contribution in [1.82, 2.24) is 5.32 Å². The predicted octanol–water partition coefficient (Wildman–Crippen LogP) is 2.93. The fourth-order valence-corrected chi connectivity index (χ4v) is 2.96. The molecule has 0 aliphatic heterocycles. The van der Waals surface area contributed by atoms with E-state index in [1.165, 1.54) is 0 Å². The summed E-state index contributed by atoms with van der Waals surface area (Å²) in [4.78, 5) is 24.9. The molecule has 0 heterocycles. The minimum atomic E-state index is -1.26. The highest BCUT2D eigenvalue weighted by molar-refractivity contribution is 5.86. The third-order valence-corrected chi connectivity index (χ3v) is 4.07. The zero-order chi connectivity index (χ0) is 18.5. The van der Waals surface area contributed by atoms with E-state index in [-0.39, 0.29) is 13.0 Å². The van der Waals surface area contributed by atoms with Gasteiger partial charge in [0.05, 0.1) is 6.10 Å². The monoisotopic (exact) mass is 349 g/mol. The topological polar surface area (TPSA) is 84.9 Å². The zero-order valence-electron chi connectivity index (χ0n) is 15.1. The van der Waals surface area contributed by atoms with E-state index >= 15 is 0 Å². The van der Waals surface area contributed by atoms with Crippen molar-refractivity contribution in [3.63, 3.8) is 0 Å². The number of aliphatic hydroxyl groups is 1. The third-order valence-electron chi connectivity index (χ3n) is 4.07. The summed E-state index contributed by atoms with van der Waals surface area (Å²) in [7, 11) is 0. The number of hydrogen-bond acceptors (Lipinski definition) is 5. The van der Waals surface area contributed by atoms with Crippen LogP contribution in [0.25, 0.3) is 0 Å². The Morgan fingerprint density at radius 1 is 1.28 bits per heavy atom. The van der Waals surface area contributed by atoms with Crippen molar-refractivity contribution in [2.45, 2.75) is 70.3 Å². The van der Waals surface area contributed by atoms with Gasteiger partial charge in [-0.05, 0) is 45.6 Å². The van der Waals surface area contributed by atoms with Crippen LogP contribution in [0.4, 0.5) is 4.79 Å². The van der Waals surface area contributed by atoms with Crippen molar-refractivity contribution in [3.05, 3.63) is 35.9 Å². The first kappa shape index (κ1) is 19.2. The van der Waals surface area contributed by atoms with Crippen LogP contribution in [0.1, 0.15) is 52.0 Å². The van der Waals surface area contributed by atoms with Crippen molar-refractivity contribution in [2.75, 3.05) is 0 Å². The van der Waals surface area contributed by atoms with Crippen LogP contribution in [0.2, 0.25) is 0 Å². The molecule has 2 atom stereocenters. The number of esters is 1. The summed E-state index contributed by atoms with van der Waals surface area (Å²) in [6.45, 7) is 5.38. The Bertz CT molecular complexity index is 596. The van der Waals surface area contributed by atoms with E-state index in [9.17, 15) is 14.7 Å². The van der Waals surface area contributed by atoms with Crippen LogP contribution in [0.3, 0.4) is 0 Å². The second kappa shape index (κ2) is 7.87. The van der Waals surface area contributed by atoms with E-state index in [0.717, 1.165) is 5.56 Å². The lowest BCUT2D eigenvalue weighted by molar-refractivity contribution is -0.156. The molecule has 0 aromatic heterocycles. The largest absolute Gasteiger partial charge is 0.459 e. The van der Waals surface area contributed by atoms with Gasteiger partial charge in [0.2, 0.25) is 0 Å². The van der Waals surface area contributed by atoms with E-state index in [0.29, 0.717) is 19.3 Å². The van der Waals surface area contributed by atoms with Crippen LogP contribution in [-0.4, -0.2) is 34.4 Å². The normalized spacial score (nSPS) is 23.6. The van der Waals surface area contributed by atoms with Crippen molar-refractivity contribution >= 4 is 12.1 Å². The van der Waals surface area contributed by atoms with Crippen LogP contribution in [0.5, 0.6) is 0 Å². The molecule has 0 bridgehead atoms. The number of rotatable bonds is 4. The van der Waals surface area contributed by atoms with E-state index in [4.69, 9.17) is 9.47 Å². The molecular formula is C19H27NO5. The molecule has 6 nitrogen and oxygen atoms in total. The number of carbonyl (C=O) groups excluding carboxylic acids is 2. The SMILES string of the molecule is CC(C)(C)OC(=O)NC1(C(=O)OCc2ccccc2)CCCC(O)C1. The van der Waals surface area contributed by atoms with Gasteiger partial charge in [0.1, 0.15) is 17.7 Å². The van der Waals surface area contributed by atoms with Crippen molar-refractivity contribution in [3.8, 4) is 0 Å². The Morgan fingerprint density at radius 2 is 1.96 bits per heavy atom. The molecule has 0 saturated heterocycles. The van der Waals surface area contributed by atoms with Gasteiger partial charge < -0.3 is 19.9 Å². The average Bonchev–Trinajstić information content (AvgIpc) is 2.51. The lowest BCUT2D eigenvalue weighted by Gasteiger charge is -2.38. The minimum absolute atomic E-state index is 0.119. The Kier molecular flexibility index (Phi) is 6.06. The molecule has 2 rings (SSSR count). The number of amides is 1. The van der Waals surface area contributed by atoms with Crippen LogP contribution in [0.15, 0.2) is 30.3 Å². The van der Waals surface area contributed by atoms with Crippen LogP contribution in [0, 0.1) is 0 Å². The van der Waals surface area contributed by atoms with Gasteiger partial charge in [0, 0.05) is 6.42 Å². The Hall–Kier alpha value is -2.08. The second-order valence-corrected chi connectivity index (χ2v) is 7.52. The fourth-order valence-electron chi connectivity index (χ4n) is 2.96. The number of benzene rings is 1. The number of hydrogen-bond donors (Lipinski definition) is 2. The first-order chi connectivity index (χ1) is 11.7. The molecule has 1 amide bonds. The van der Waals surface area contributed by atoms with Gasteiger partial charge in [0.15, 0.2) is 0 Å². The van der Waals surface area contributed by atoms with Gasteiger partial charge in [-0.15, -0.1) is 0 Å². The quantitative estimate of drug-likeness (QED) is 0.817. The summed E-state index contributed by atoms with van der Waals surface area (Å²) >= 11 is 0. The van der Waals surface area contributed by atoms with Gasteiger partial charge in [0.25, 0.3) is 0 Å². The number of carbonyl (C=O) groups is 2. The highest BCUT2D eigenvalue weighted by Gasteiger charge is 2.46. The molecule has 0 spiro atoms. The molecule has 1 fully saturated rings. The molecule has 1 saturated carbocycles. The molecule has 2 unspecified atom stereocenters. The summed E-state index contributed by atoms with van der Waals surface area (Å²) in [5, 5.41) is 12.7. The highest BCUT2D eigenvalue weighted by atomic mass is 16.6. The summed E-state index contributed by atoms with van der Waals surface area (Å²) in [6, 6.07) is 9.33. The zero-order valence-corrected chi connectivity index (χ0v) is 15.1. The van der Waals surface area contributed by atoms with Crippen molar-refractivity contribution in [2.24, 2.45) is 0 Å². The van der Waals surface area contributed by atoms with Gasteiger partial charge >= 0.3 is 12.1 Å². The molecule has 2 N–H and O–H groups in total. The van der Waals surface area contributed by atoms with E-state index in [1.807, 2.05) is 30.3 Å². The molecule has 1 aromatic carbocycles. The van der Waals surface area contributed by atoms with Gasteiger partial charge in [-0.3, -0.25) is 0 Å². The van der Waals surface area contributed by atoms with Crippen LogP contribution < -0.4 is 5.32 Å². The lowest BCUT2D eigenvalue weighted by Crippen LogP contribution is -2.59. The van der Waals surface area contributed by atoms with Crippen LogP contribution in [-0.2, 0) is 20.9 Å². The van der Waals surface area contributed by atoms with Gasteiger partial charge in [-0.2, -0.15) is 0 Å². The number of aliphatic hydroxyl groups excluding tert-OH is 1. The number of nitrogens with one attached hydrogen (secondary N) is 1. The number of alkyl carbamates (subject to hydrolysis) is 1. The molecule has 1 aromatic rings. The number of ether oxygens (including phenoxy) is 2. The van der Waals surface area contributed by atoms with Crippen molar-refractivity contribution < 1.29 is 24.2 Å². The second-order valence-electron chi connectivity index (χ2n) is 7.52. The first-order valence-corrected chi connectivity index (χ1v) is 8.61. The maximum atomic E-state index is 12.7. The summed E-state index contributed by atoms with van der Waals surface area (Å²) < 4.78 is 10.7. The predicted molar refractivity (Wildman–Crippen MR) is 92.8 cm³/mol. The van der Waals surface area contributed by atoms with E-state index < -0.39 is 29.3 Å². The first-order valence-electron chi connectivity index (χ1n) is 8.61. The van der Waals surface area contributed by atoms with Gasteiger partial charge in [-0.25, -0.2) is 9.59 Å². The van der Waals surface area contributed by atoms with E-state index in [1.54, 1.807) is 20.8 Å². The average molecular weight is 349 g/mol.